The lowest BCUT2D eigenvalue weighted by molar-refractivity contribution is -0.135. The molecule has 0 unspecified atom stereocenters. The van der Waals surface area contributed by atoms with Crippen LogP contribution in [0, 0.1) is 6.92 Å². The number of aryl methyl sites for hydroxylation is 1. The first-order chi connectivity index (χ1) is 10.3. The molecule has 0 saturated heterocycles. The molecule has 0 aliphatic heterocycles. The molecule has 2 rings (SSSR count). The average Bonchev–Trinajstić information content (AvgIpc) is 2.83. The number of carbonyl (C=O) groups excluding carboxylic acids is 1. The molecule has 0 fully saturated rings. The van der Waals surface area contributed by atoms with E-state index < -0.39 is 12.6 Å². The molecule has 8 heteroatoms. The highest BCUT2D eigenvalue weighted by atomic mass is 19.4. The van der Waals surface area contributed by atoms with E-state index in [-0.39, 0.29) is 18.9 Å². The Morgan fingerprint density at radius 1 is 1.36 bits per heavy atom. The van der Waals surface area contributed by atoms with Gasteiger partial charge in [-0.3, -0.25) is 4.79 Å². The molecule has 122 valence electrons. The van der Waals surface area contributed by atoms with Crippen LogP contribution in [0.4, 0.5) is 13.2 Å². The zero-order valence-electron chi connectivity index (χ0n) is 12.4. The average molecular weight is 316 g/mol. The predicted molar refractivity (Wildman–Crippen MR) is 78.6 cm³/mol. The highest BCUT2D eigenvalue weighted by molar-refractivity contribution is 5.97. The summed E-state index contributed by atoms with van der Waals surface area (Å²) in [5.41, 5.74) is 6.37. The number of nitrogens with one attached hydrogen (secondary N) is 2. The van der Waals surface area contributed by atoms with E-state index in [1.807, 2.05) is 0 Å². The Balaban J connectivity index is 0.00000116. The number of aromatic amines is 1. The molecule has 0 aliphatic carbocycles. The van der Waals surface area contributed by atoms with E-state index in [2.05, 4.69) is 21.0 Å². The summed E-state index contributed by atoms with van der Waals surface area (Å²) in [5.74, 6) is 0.351. The number of hydrogen-bond donors (Lipinski definition) is 3. The molecule has 2 aromatic rings. The Morgan fingerprint density at radius 2 is 2.05 bits per heavy atom. The van der Waals surface area contributed by atoms with Crippen molar-refractivity contribution < 1.29 is 18.0 Å². The van der Waals surface area contributed by atoms with E-state index >= 15 is 0 Å². The molecular formula is C14H19F3N4O. The molecule has 5 nitrogen and oxygen atoms in total. The van der Waals surface area contributed by atoms with Crippen molar-refractivity contribution in [2.24, 2.45) is 5.73 Å². The summed E-state index contributed by atoms with van der Waals surface area (Å²) in [6.45, 7) is 1.80. The van der Waals surface area contributed by atoms with E-state index in [1.165, 1.54) is 7.05 Å². The number of aromatic nitrogens is 2. The van der Waals surface area contributed by atoms with Gasteiger partial charge in [-0.1, -0.05) is 0 Å². The maximum atomic E-state index is 12.0. The normalized spacial score (nSPS) is 11.0. The minimum absolute atomic E-state index is 0.00160. The fourth-order valence-electron chi connectivity index (χ4n) is 1.87. The van der Waals surface area contributed by atoms with Gasteiger partial charge in [0.05, 0.1) is 11.0 Å². The van der Waals surface area contributed by atoms with Gasteiger partial charge in [0.2, 0.25) is 0 Å². The van der Waals surface area contributed by atoms with E-state index in [0.717, 1.165) is 16.9 Å². The number of nitrogens with two attached hydrogens (primary N) is 1. The second-order valence-electron chi connectivity index (χ2n) is 4.53. The first-order valence-corrected chi connectivity index (χ1v) is 6.74. The van der Waals surface area contributed by atoms with Crippen molar-refractivity contribution >= 4 is 16.9 Å². The van der Waals surface area contributed by atoms with Crippen molar-refractivity contribution in [2.45, 2.75) is 25.9 Å². The topological polar surface area (TPSA) is 83.8 Å². The van der Waals surface area contributed by atoms with Crippen molar-refractivity contribution in [1.29, 1.82) is 0 Å². The third-order valence-electron chi connectivity index (χ3n) is 2.79. The molecule has 22 heavy (non-hydrogen) atoms. The van der Waals surface area contributed by atoms with Crippen LogP contribution in [0.15, 0.2) is 18.2 Å². The summed E-state index contributed by atoms with van der Waals surface area (Å²) in [6.07, 6.45) is -5.20. The van der Waals surface area contributed by atoms with Gasteiger partial charge in [0, 0.05) is 18.5 Å². The van der Waals surface area contributed by atoms with Crippen LogP contribution in [0.5, 0.6) is 0 Å². The molecular weight excluding hydrogens is 297 g/mol. The number of imidazole rings is 1. The Morgan fingerprint density at radius 3 is 2.68 bits per heavy atom. The summed E-state index contributed by atoms with van der Waals surface area (Å²) >= 11 is 0. The summed E-state index contributed by atoms with van der Waals surface area (Å²) in [6, 6.07) is 4.93. The third-order valence-corrected chi connectivity index (χ3v) is 2.79. The summed E-state index contributed by atoms with van der Waals surface area (Å²) in [7, 11) is 1.50. The van der Waals surface area contributed by atoms with E-state index in [9.17, 15) is 18.0 Å². The van der Waals surface area contributed by atoms with Crippen LogP contribution in [0.3, 0.4) is 0 Å². The zero-order valence-corrected chi connectivity index (χ0v) is 12.4. The Bertz CT molecular complexity index is 622. The zero-order chi connectivity index (χ0) is 16.8. The van der Waals surface area contributed by atoms with Gasteiger partial charge in [0.15, 0.2) is 0 Å². The molecule has 0 radical (unpaired) electrons. The SMILES string of the molecule is CN.Cc1nc2ccc(C(=O)NCCCC(F)(F)F)cc2[nH]1. The van der Waals surface area contributed by atoms with Crippen molar-refractivity contribution in [3.05, 3.63) is 29.6 Å². The van der Waals surface area contributed by atoms with Gasteiger partial charge in [-0.15, -0.1) is 0 Å². The van der Waals surface area contributed by atoms with E-state index in [4.69, 9.17) is 0 Å². The highest BCUT2D eigenvalue weighted by Gasteiger charge is 2.26. The van der Waals surface area contributed by atoms with Crippen LogP contribution in [0.25, 0.3) is 11.0 Å². The molecule has 1 aromatic carbocycles. The minimum Gasteiger partial charge on any atom is -0.352 e. The minimum atomic E-state index is -4.18. The Hall–Kier alpha value is -2.09. The van der Waals surface area contributed by atoms with Crippen LogP contribution in [0.2, 0.25) is 0 Å². The fraction of sp³-hybridized carbons (Fsp3) is 0.429. The smallest absolute Gasteiger partial charge is 0.352 e. The lowest BCUT2D eigenvalue weighted by atomic mass is 10.2. The standard InChI is InChI=1S/C13H14F3N3O.CH5N/c1-8-18-10-4-3-9(7-11(10)19-8)12(20)17-6-2-5-13(14,15)16;1-2/h3-4,7H,2,5-6H2,1H3,(H,17,20)(H,18,19);2H2,1H3. The van der Waals surface area contributed by atoms with Gasteiger partial charge in [-0.25, -0.2) is 4.98 Å². The molecule has 0 saturated carbocycles. The van der Waals surface area contributed by atoms with E-state index in [0.29, 0.717) is 5.56 Å². The fourth-order valence-corrected chi connectivity index (χ4v) is 1.87. The number of benzene rings is 1. The van der Waals surface area contributed by atoms with Crippen molar-refractivity contribution in [1.82, 2.24) is 15.3 Å². The number of H-pyrrole nitrogens is 1. The Labute approximate surface area is 126 Å². The molecule has 0 spiro atoms. The first kappa shape index (κ1) is 18.0. The van der Waals surface area contributed by atoms with Crippen LogP contribution in [-0.2, 0) is 0 Å². The number of halogens is 3. The number of carbonyl (C=O) groups is 1. The van der Waals surface area contributed by atoms with Gasteiger partial charge < -0.3 is 16.0 Å². The van der Waals surface area contributed by atoms with Gasteiger partial charge in [0.25, 0.3) is 5.91 Å². The number of hydrogen-bond acceptors (Lipinski definition) is 3. The van der Waals surface area contributed by atoms with Crippen LogP contribution in [-0.4, -0.2) is 35.6 Å². The lowest BCUT2D eigenvalue weighted by Gasteiger charge is -2.07. The quantitative estimate of drug-likeness (QED) is 0.758. The molecule has 1 aromatic heterocycles. The van der Waals surface area contributed by atoms with Crippen LogP contribution in [0.1, 0.15) is 29.0 Å². The molecule has 0 aliphatic rings. The first-order valence-electron chi connectivity index (χ1n) is 6.74. The van der Waals surface area contributed by atoms with Crippen molar-refractivity contribution in [3.63, 3.8) is 0 Å². The van der Waals surface area contributed by atoms with E-state index in [1.54, 1.807) is 25.1 Å². The highest BCUT2D eigenvalue weighted by Crippen LogP contribution is 2.20. The number of rotatable bonds is 4. The molecule has 0 bridgehead atoms. The Kier molecular flexibility index (Phi) is 6.36. The molecule has 1 heterocycles. The number of fused-ring (bicyclic) bond motifs is 1. The maximum absolute atomic E-state index is 12.0. The van der Waals surface area contributed by atoms with Gasteiger partial charge in [0.1, 0.15) is 5.82 Å². The van der Waals surface area contributed by atoms with Crippen LogP contribution < -0.4 is 11.1 Å². The summed E-state index contributed by atoms with van der Waals surface area (Å²) in [4.78, 5) is 19.0. The number of nitrogens with zero attached hydrogens (tertiary/aromatic N) is 1. The third kappa shape index (κ3) is 5.36. The van der Waals surface area contributed by atoms with Crippen LogP contribution >= 0.6 is 0 Å². The van der Waals surface area contributed by atoms with Gasteiger partial charge in [-0.05, 0) is 38.6 Å². The molecule has 0 atom stereocenters. The van der Waals surface area contributed by atoms with Gasteiger partial charge in [-0.2, -0.15) is 13.2 Å². The predicted octanol–water partition coefficient (Wildman–Crippen LogP) is 2.52. The summed E-state index contributed by atoms with van der Waals surface area (Å²) in [5, 5.41) is 2.47. The maximum Gasteiger partial charge on any atom is 0.389 e. The largest absolute Gasteiger partial charge is 0.389 e. The monoisotopic (exact) mass is 316 g/mol. The second-order valence-corrected chi connectivity index (χ2v) is 4.53. The summed E-state index contributed by atoms with van der Waals surface area (Å²) < 4.78 is 35.9. The molecule has 4 N–H and O–H groups in total. The van der Waals surface area contributed by atoms with Gasteiger partial charge >= 0.3 is 6.18 Å². The number of amides is 1. The van der Waals surface area contributed by atoms with Crippen molar-refractivity contribution in [2.75, 3.05) is 13.6 Å². The second kappa shape index (κ2) is 7.79. The lowest BCUT2D eigenvalue weighted by Crippen LogP contribution is -2.25. The number of alkyl halides is 3. The van der Waals surface area contributed by atoms with Crippen molar-refractivity contribution in [3.8, 4) is 0 Å². The molecule has 1 amide bonds.